The summed E-state index contributed by atoms with van der Waals surface area (Å²) in [7, 11) is 0. The number of hydrogen-bond donors (Lipinski definition) is 2. The lowest BCUT2D eigenvalue weighted by Gasteiger charge is -2.10. The first-order valence-electron chi connectivity index (χ1n) is 6.94. The molecule has 1 amide bonds. The van der Waals surface area contributed by atoms with E-state index in [1.165, 1.54) is 0 Å². The molecule has 0 aliphatic carbocycles. The molecule has 4 heteroatoms. The number of nitrogens with two attached hydrogens (primary N) is 1. The number of amides is 1. The minimum atomic E-state index is -0.0785. The molecule has 0 fully saturated rings. The van der Waals surface area contributed by atoms with Gasteiger partial charge in [0.25, 0.3) is 5.91 Å². The molecule has 0 aromatic heterocycles. The van der Waals surface area contributed by atoms with Gasteiger partial charge in [-0.05, 0) is 37.5 Å². The van der Waals surface area contributed by atoms with E-state index in [-0.39, 0.29) is 11.9 Å². The summed E-state index contributed by atoms with van der Waals surface area (Å²) in [5, 5.41) is 2.87. The molecule has 0 saturated heterocycles. The fourth-order valence-electron chi connectivity index (χ4n) is 1.62. The zero-order valence-corrected chi connectivity index (χ0v) is 11.8. The molecule has 0 saturated carbocycles. The van der Waals surface area contributed by atoms with Crippen LogP contribution in [0.25, 0.3) is 0 Å². The molecule has 1 aromatic rings. The number of nitrogens with one attached hydrogen (secondary N) is 1. The molecular weight excluding hydrogens is 240 g/mol. The standard InChI is InChI=1S/C15H24N2O2/c1-3-10-19-14-7-5-6-12(11-14)15(18)17-9-8-13(16)4-2/h5-7,11,13H,3-4,8-10,16H2,1-2H3,(H,17,18). The molecule has 0 aliphatic heterocycles. The third kappa shape index (κ3) is 5.75. The van der Waals surface area contributed by atoms with Crippen LogP contribution in [0.2, 0.25) is 0 Å². The fourth-order valence-corrected chi connectivity index (χ4v) is 1.62. The van der Waals surface area contributed by atoms with Gasteiger partial charge in [0.2, 0.25) is 0 Å². The molecule has 0 aliphatic rings. The predicted octanol–water partition coefficient (Wildman–Crippen LogP) is 2.33. The van der Waals surface area contributed by atoms with Crippen molar-refractivity contribution in [2.24, 2.45) is 5.73 Å². The monoisotopic (exact) mass is 264 g/mol. The Bertz CT molecular complexity index is 393. The van der Waals surface area contributed by atoms with Crippen LogP contribution < -0.4 is 15.8 Å². The number of benzene rings is 1. The minimum absolute atomic E-state index is 0.0785. The maximum atomic E-state index is 11.9. The van der Waals surface area contributed by atoms with Crippen molar-refractivity contribution in [3.63, 3.8) is 0 Å². The molecule has 1 unspecified atom stereocenters. The van der Waals surface area contributed by atoms with Gasteiger partial charge in [-0.25, -0.2) is 0 Å². The Kier molecular flexibility index (Phi) is 6.97. The topological polar surface area (TPSA) is 64.3 Å². The highest BCUT2D eigenvalue weighted by molar-refractivity contribution is 5.94. The second-order valence-corrected chi connectivity index (χ2v) is 4.59. The smallest absolute Gasteiger partial charge is 0.251 e. The van der Waals surface area contributed by atoms with Crippen LogP contribution in [0.3, 0.4) is 0 Å². The van der Waals surface area contributed by atoms with Gasteiger partial charge < -0.3 is 15.8 Å². The van der Waals surface area contributed by atoms with Gasteiger partial charge in [-0.15, -0.1) is 0 Å². The molecule has 1 rings (SSSR count). The van der Waals surface area contributed by atoms with E-state index in [1.807, 2.05) is 26.0 Å². The van der Waals surface area contributed by atoms with Crippen molar-refractivity contribution in [3.05, 3.63) is 29.8 Å². The Morgan fingerprint density at radius 3 is 2.89 bits per heavy atom. The average Bonchev–Trinajstić information content (AvgIpc) is 2.45. The van der Waals surface area contributed by atoms with Crippen LogP contribution >= 0.6 is 0 Å². The van der Waals surface area contributed by atoms with Crippen LogP contribution in [0.15, 0.2) is 24.3 Å². The van der Waals surface area contributed by atoms with Gasteiger partial charge in [0.15, 0.2) is 0 Å². The Morgan fingerprint density at radius 2 is 2.21 bits per heavy atom. The van der Waals surface area contributed by atoms with Crippen molar-refractivity contribution < 1.29 is 9.53 Å². The molecule has 0 radical (unpaired) electrons. The van der Waals surface area contributed by atoms with Crippen molar-refractivity contribution in [1.29, 1.82) is 0 Å². The van der Waals surface area contributed by atoms with Gasteiger partial charge in [0, 0.05) is 18.2 Å². The normalized spacial score (nSPS) is 11.9. The highest BCUT2D eigenvalue weighted by atomic mass is 16.5. The number of ether oxygens (including phenoxy) is 1. The van der Waals surface area contributed by atoms with Crippen molar-refractivity contribution in [3.8, 4) is 5.75 Å². The van der Waals surface area contributed by atoms with Crippen LogP contribution in [0.4, 0.5) is 0 Å². The van der Waals surface area contributed by atoms with Crippen molar-refractivity contribution >= 4 is 5.91 Å². The van der Waals surface area contributed by atoms with E-state index in [9.17, 15) is 4.79 Å². The molecular formula is C15H24N2O2. The number of carbonyl (C=O) groups excluding carboxylic acids is 1. The van der Waals surface area contributed by atoms with E-state index in [0.717, 1.165) is 25.0 Å². The lowest BCUT2D eigenvalue weighted by atomic mass is 10.1. The van der Waals surface area contributed by atoms with Gasteiger partial charge >= 0.3 is 0 Å². The molecule has 106 valence electrons. The van der Waals surface area contributed by atoms with E-state index in [0.29, 0.717) is 18.7 Å². The summed E-state index contributed by atoms with van der Waals surface area (Å²) in [5.41, 5.74) is 6.43. The molecule has 0 bridgehead atoms. The SMILES string of the molecule is CCCOc1cccc(C(=O)NCCC(N)CC)c1. The summed E-state index contributed by atoms with van der Waals surface area (Å²) < 4.78 is 5.51. The molecule has 3 N–H and O–H groups in total. The van der Waals surface area contributed by atoms with Gasteiger partial charge in [-0.2, -0.15) is 0 Å². The van der Waals surface area contributed by atoms with Crippen LogP contribution in [-0.4, -0.2) is 25.1 Å². The van der Waals surface area contributed by atoms with E-state index in [1.54, 1.807) is 12.1 Å². The Hall–Kier alpha value is -1.55. The summed E-state index contributed by atoms with van der Waals surface area (Å²) in [4.78, 5) is 11.9. The van der Waals surface area contributed by atoms with Gasteiger partial charge in [-0.3, -0.25) is 4.79 Å². The summed E-state index contributed by atoms with van der Waals surface area (Å²) in [6, 6.07) is 7.40. The molecule has 4 nitrogen and oxygen atoms in total. The second kappa shape index (κ2) is 8.53. The fraction of sp³-hybridized carbons (Fsp3) is 0.533. The minimum Gasteiger partial charge on any atom is -0.494 e. The maximum absolute atomic E-state index is 11.9. The highest BCUT2D eigenvalue weighted by Crippen LogP contribution is 2.13. The third-order valence-corrected chi connectivity index (χ3v) is 2.89. The second-order valence-electron chi connectivity index (χ2n) is 4.59. The third-order valence-electron chi connectivity index (χ3n) is 2.89. The summed E-state index contributed by atoms with van der Waals surface area (Å²) in [6.45, 7) is 5.36. The van der Waals surface area contributed by atoms with Crippen molar-refractivity contribution in [1.82, 2.24) is 5.32 Å². The quantitative estimate of drug-likeness (QED) is 0.757. The predicted molar refractivity (Wildman–Crippen MR) is 77.4 cm³/mol. The number of rotatable bonds is 8. The zero-order chi connectivity index (χ0) is 14.1. The average molecular weight is 264 g/mol. The van der Waals surface area contributed by atoms with Crippen LogP contribution in [0.1, 0.15) is 43.5 Å². The van der Waals surface area contributed by atoms with Crippen molar-refractivity contribution in [2.45, 2.75) is 39.2 Å². The van der Waals surface area contributed by atoms with Gasteiger partial charge in [0.1, 0.15) is 5.75 Å². The Morgan fingerprint density at radius 1 is 1.42 bits per heavy atom. The van der Waals surface area contributed by atoms with E-state index < -0.39 is 0 Å². The van der Waals surface area contributed by atoms with Crippen molar-refractivity contribution in [2.75, 3.05) is 13.2 Å². The largest absolute Gasteiger partial charge is 0.494 e. The number of carbonyl (C=O) groups is 1. The molecule has 1 aromatic carbocycles. The molecule has 0 heterocycles. The van der Waals surface area contributed by atoms with Crippen LogP contribution in [0, 0.1) is 0 Å². The molecule has 1 atom stereocenters. The van der Waals surface area contributed by atoms with Crippen LogP contribution in [-0.2, 0) is 0 Å². The summed E-state index contributed by atoms with van der Waals surface area (Å²) in [6.07, 6.45) is 2.68. The van der Waals surface area contributed by atoms with Crippen LogP contribution in [0.5, 0.6) is 5.75 Å². The molecule has 0 spiro atoms. The lowest BCUT2D eigenvalue weighted by Crippen LogP contribution is -2.30. The Balaban J connectivity index is 2.47. The van der Waals surface area contributed by atoms with Gasteiger partial charge in [-0.1, -0.05) is 19.9 Å². The highest BCUT2D eigenvalue weighted by Gasteiger charge is 2.07. The van der Waals surface area contributed by atoms with E-state index >= 15 is 0 Å². The summed E-state index contributed by atoms with van der Waals surface area (Å²) in [5.74, 6) is 0.657. The maximum Gasteiger partial charge on any atom is 0.251 e. The first-order chi connectivity index (χ1) is 9.17. The lowest BCUT2D eigenvalue weighted by molar-refractivity contribution is 0.0952. The van der Waals surface area contributed by atoms with E-state index in [2.05, 4.69) is 5.32 Å². The summed E-state index contributed by atoms with van der Waals surface area (Å²) >= 11 is 0. The Labute approximate surface area is 115 Å². The first-order valence-corrected chi connectivity index (χ1v) is 6.94. The van der Waals surface area contributed by atoms with Gasteiger partial charge in [0.05, 0.1) is 6.61 Å². The number of hydrogen-bond acceptors (Lipinski definition) is 3. The first kappa shape index (κ1) is 15.5. The zero-order valence-electron chi connectivity index (χ0n) is 11.8. The van der Waals surface area contributed by atoms with E-state index in [4.69, 9.17) is 10.5 Å². The molecule has 19 heavy (non-hydrogen) atoms.